The van der Waals surface area contributed by atoms with Gasteiger partial charge in [-0.05, 0) is 51.3 Å². The highest BCUT2D eigenvalue weighted by atomic mass is 16.5. The van der Waals surface area contributed by atoms with Crippen molar-refractivity contribution in [2.24, 2.45) is 0 Å². The van der Waals surface area contributed by atoms with Gasteiger partial charge in [-0.15, -0.1) is 0 Å². The first-order valence-corrected chi connectivity index (χ1v) is 9.32. The average Bonchev–Trinajstić information content (AvgIpc) is 3.30. The molecule has 0 spiro atoms. The number of nitrogens with zero attached hydrogens (tertiary/aromatic N) is 3. The molecule has 0 aliphatic carbocycles. The third kappa shape index (κ3) is 3.37. The van der Waals surface area contributed by atoms with Crippen molar-refractivity contribution in [3.8, 4) is 11.4 Å². The van der Waals surface area contributed by atoms with Crippen LogP contribution in [0.2, 0.25) is 0 Å². The normalized spacial score (nSPS) is 16.7. The van der Waals surface area contributed by atoms with E-state index in [1.165, 1.54) is 0 Å². The quantitative estimate of drug-likeness (QED) is 0.682. The zero-order valence-corrected chi connectivity index (χ0v) is 15.9. The molecule has 0 saturated carbocycles. The molecule has 1 fully saturated rings. The van der Waals surface area contributed by atoms with Crippen molar-refractivity contribution in [3.05, 3.63) is 70.6 Å². The number of benzene rings is 2. The summed E-state index contributed by atoms with van der Waals surface area (Å²) in [7, 11) is 0. The van der Waals surface area contributed by atoms with Crippen LogP contribution in [0.3, 0.4) is 0 Å². The lowest BCUT2D eigenvalue weighted by atomic mass is 10.1. The third-order valence-electron chi connectivity index (χ3n) is 5.10. The van der Waals surface area contributed by atoms with Gasteiger partial charge in [0.1, 0.15) is 6.04 Å². The van der Waals surface area contributed by atoms with E-state index in [0.29, 0.717) is 18.3 Å². The third-order valence-corrected chi connectivity index (χ3v) is 5.10. The molecule has 138 valence electrons. The number of likely N-dealkylation sites (tertiary alicyclic amines) is 1. The fourth-order valence-corrected chi connectivity index (χ4v) is 3.83. The largest absolute Gasteiger partial charge is 0.337 e. The molecule has 1 aliphatic rings. The van der Waals surface area contributed by atoms with E-state index >= 15 is 0 Å². The Kier molecular flexibility index (Phi) is 4.52. The molecule has 1 atom stereocenters. The van der Waals surface area contributed by atoms with E-state index in [0.717, 1.165) is 40.7 Å². The maximum atomic E-state index is 13.1. The predicted molar refractivity (Wildman–Crippen MR) is 103 cm³/mol. The zero-order valence-electron chi connectivity index (χ0n) is 15.9. The fraction of sp³-hybridized carbons (Fsp3) is 0.318. The topological polar surface area (TPSA) is 59.2 Å². The first-order chi connectivity index (χ1) is 13.0. The molecule has 1 saturated heterocycles. The van der Waals surface area contributed by atoms with Gasteiger partial charge in [-0.2, -0.15) is 4.98 Å². The summed E-state index contributed by atoms with van der Waals surface area (Å²) in [6, 6.07) is 13.8. The van der Waals surface area contributed by atoms with E-state index in [2.05, 4.69) is 16.2 Å². The molecule has 1 amide bonds. The number of hydrogen-bond donors (Lipinski definition) is 0. The molecule has 27 heavy (non-hydrogen) atoms. The number of aryl methyl sites for hydroxylation is 3. The van der Waals surface area contributed by atoms with Gasteiger partial charge in [0, 0.05) is 17.7 Å². The molecule has 2 aromatic carbocycles. The van der Waals surface area contributed by atoms with Crippen LogP contribution in [-0.2, 0) is 0 Å². The first kappa shape index (κ1) is 17.5. The molecule has 5 nitrogen and oxygen atoms in total. The van der Waals surface area contributed by atoms with Crippen LogP contribution in [0.5, 0.6) is 0 Å². The number of carbonyl (C=O) groups is 1. The molecule has 0 bridgehead atoms. The smallest absolute Gasteiger partial charge is 0.254 e. The van der Waals surface area contributed by atoms with E-state index in [-0.39, 0.29) is 11.9 Å². The van der Waals surface area contributed by atoms with Gasteiger partial charge in [0.15, 0.2) is 0 Å². The summed E-state index contributed by atoms with van der Waals surface area (Å²) in [5.74, 6) is 1.12. The lowest BCUT2D eigenvalue weighted by Gasteiger charge is -2.22. The summed E-state index contributed by atoms with van der Waals surface area (Å²) >= 11 is 0. The summed E-state index contributed by atoms with van der Waals surface area (Å²) in [4.78, 5) is 19.6. The Morgan fingerprint density at radius 2 is 1.85 bits per heavy atom. The molecule has 5 heteroatoms. The fourth-order valence-electron chi connectivity index (χ4n) is 3.83. The van der Waals surface area contributed by atoms with Crippen molar-refractivity contribution in [1.29, 1.82) is 0 Å². The molecule has 1 aromatic heterocycles. The number of amides is 1. The Morgan fingerprint density at radius 1 is 1.11 bits per heavy atom. The SMILES string of the molecule is Cc1cc(C)cc(C(=O)N2CCCC2c2nc(-c3ccccc3C)no2)c1. The summed E-state index contributed by atoms with van der Waals surface area (Å²) in [5, 5.41) is 4.16. The van der Waals surface area contributed by atoms with Crippen molar-refractivity contribution in [2.75, 3.05) is 6.54 Å². The van der Waals surface area contributed by atoms with E-state index in [9.17, 15) is 4.79 Å². The van der Waals surface area contributed by atoms with E-state index < -0.39 is 0 Å². The van der Waals surface area contributed by atoms with Crippen LogP contribution in [0.4, 0.5) is 0 Å². The molecule has 3 aromatic rings. The number of aromatic nitrogens is 2. The molecular formula is C22H23N3O2. The lowest BCUT2D eigenvalue weighted by Crippen LogP contribution is -2.30. The minimum absolute atomic E-state index is 0.0277. The monoisotopic (exact) mass is 361 g/mol. The highest BCUT2D eigenvalue weighted by Crippen LogP contribution is 2.33. The summed E-state index contributed by atoms with van der Waals surface area (Å²) in [5.41, 5.74) is 4.96. The van der Waals surface area contributed by atoms with Crippen molar-refractivity contribution in [1.82, 2.24) is 15.0 Å². The van der Waals surface area contributed by atoms with Crippen LogP contribution >= 0.6 is 0 Å². The minimum Gasteiger partial charge on any atom is -0.337 e. The van der Waals surface area contributed by atoms with Crippen LogP contribution in [-0.4, -0.2) is 27.5 Å². The highest BCUT2D eigenvalue weighted by Gasteiger charge is 2.34. The second kappa shape index (κ2) is 6.99. The minimum atomic E-state index is -0.163. The Hall–Kier alpha value is -2.95. The predicted octanol–water partition coefficient (Wildman–Crippen LogP) is 4.64. The Morgan fingerprint density at radius 3 is 2.59 bits per heavy atom. The van der Waals surface area contributed by atoms with Crippen molar-refractivity contribution >= 4 is 5.91 Å². The van der Waals surface area contributed by atoms with Gasteiger partial charge in [0.25, 0.3) is 5.91 Å². The number of carbonyl (C=O) groups excluding carboxylic acids is 1. The van der Waals surface area contributed by atoms with Gasteiger partial charge >= 0.3 is 0 Å². The van der Waals surface area contributed by atoms with Gasteiger partial charge in [-0.3, -0.25) is 4.79 Å². The second-order valence-electron chi connectivity index (χ2n) is 7.30. The molecule has 4 rings (SSSR count). The lowest BCUT2D eigenvalue weighted by molar-refractivity contribution is 0.0710. The van der Waals surface area contributed by atoms with Crippen molar-refractivity contribution < 1.29 is 9.32 Å². The maximum absolute atomic E-state index is 13.1. The number of rotatable bonds is 3. The Balaban J connectivity index is 1.62. The van der Waals surface area contributed by atoms with Gasteiger partial charge in [0.2, 0.25) is 11.7 Å². The Bertz CT molecular complexity index is 972. The molecule has 1 unspecified atom stereocenters. The van der Waals surface area contributed by atoms with E-state index in [1.54, 1.807) is 0 Å². The highest BCUT2D eigenvalue weighted by molar-refractivity contribution is 5.95. The molecule has 1 aliphatic heterocycles. The van der Waals surface area contributed by atoms with Crippen LogP contribution < -0.4 is 0 Å². The summed E-state index contributed by atoms with van der Waals surface area (Å²) < 4.78 is 5.57. The van der Waals surface area contributed by atoms with Crippen LogP contribution in [0.1, 0.15) is 51.8 Å². The molecular weight excluding hydrogens is 338 g/mol. The van der Waals surface area contributed by atoms with Crippen LogP contribution in [0.25, 0.3) is 11.4 Å². The van der Waals surface area contributed by atoms with Crippen molar-refractivity contribution in [3.63, 3.8) is 0 Å². The van der Waals surface area contributed by atoms with Gasteiger partial charge in [-0.1, -0.05) is 46.6 Å². The standard InChI is InChI=1S/C22H23N3O2/c1-14-11-15(2)13-17(12-14)22(26)25-10-6-9-19(25)21-23-20(24-27-21)18-8-5-4-7-16(18)3/h4-5,7-8,11-13,19H,6,9-10H2,1-3H3. The Labute approximate surface area is 159 Å². The van der Waals surface area contributed by atoms with E-state index in [1.807, 2.05) is 62.1 Å². The van der Waals surface area contributed by atoms with Crippen molar-refractivity contribution in [2.45, 2.75) is 39.7 Å². The second-order valence-corrected chi connectivity index (χ2v) is 7.30. The average molecular weight is 361 g/mol. The molecule has 2 heterocycles. The molecule has 0 N–H and O–H groups in total. The van der Waals surface area contributed by atoms with Gasteiger partial charge < -0.3 is 9.42 Å². The molecule has 0 radical (unpaired) electrons. The van der Waals surface area contributed by atoms with Crippen LogP contribution in [0.15, 0.2) is 47.0 Å². The maximum Gasteiger partial charge on any atom is 0.254 e. The first-order valence-electron chi connectivity index (χ1n) is 9.32. The summed E-state index contributed by atoms with van der Waals surface area (Å²) in [6.45, 7) is 6.75. The van der Waals surface area contributed by atoms with Gasteiger partial charge in [-0.25, -0.2) is 0 Å². The summed E-state index contributed by atoms with van der Waals surface area (Å²) in [6.07, 6.45) is 1.77. The number of hydrogen-bond acceptors (Lipinski definition) is 4. The zero-order chi connectivity index (χ0) is 19.0. The van der Waals surface area contributed by atoms with Crippen LogP contribution in [0, 0.1) is 20.8 Å². The van der Waals surface area contributed by atoms with Gasteiger partial charge in [0.05, 0.1) is 0 Å². The van der Waals surface area contributed by atoms with E-state index in [4.69, 9.17) is 4.52 Å².